The number of halogens is 1. The van der Waals surface area contributed by atoms with Crippen LogP contribution in [0.15, 0.2) is 126 Å². The van der Waals surface area contributed by atoms with E-state index in [-0.39, 0.29) is 0 Å². The van der Waals surface area contributed by atoms with Gasteiger partial charge in [-0.2, -0.15) is 0 Å². The molecule has 32 heavy (non-hydrogen) atoms. The van der Waals surface area contributed by atoms with Crippen LogP contribution < -0.4 is 4.90 Å². The Balaban J connectivity index is 1.60. The average molecular weight is 474 g/mol. The van der Waals surface area contributed by atoms with Crippen LogP contribution in [0.5, 0.6) is 0 Å². The molecule has 6 aromatic carbocycles. The zero-order valence-electron chi connectivity index (χ0n) is 17.4. The van der Waals surface area contributed by atoms with Crippen molar-refractivity contribution in [2.45, 2.75) is 0 Å². The lowest BCUT2D eigenvalue weighted by molar-refractivity contribution is 1.30. The zero-order chi connectivity index (χ0) is 21.5. The molecule has 0 radical (unpaired) electrons. The Morgan fingerprint density at radius 2 is 1.12 bits per heavy atom. The van der Waals surface area contributed by atoms with Crippen LogP contribution in [0.3, 0.4) is 0 Å². The fraction of sp³-hybridized carbons (Fsp3) is 0. The number of anilines is 3. The van der Waals surface area contributed by atoms with Gasteiger partial charge in [-0.25, -0.2) is 0 Å². The summed E-state index contributed by atoms with van der Waals surface area (Å²) in [5, 5.41) is 7.50. The maximum absolute atomic E-state index is 3.59. The van der Waals surface area contributed by atoms with Gasteiger partial charge in [0.1, 0.15) is 0 Å². The summed E-state index contributed by atoms with van der Waals surface area (Å²) in [7, 11) is 0. The number of hydrogen-bond acceptors (Lipinski definition) is 1. The molecule has 0 amide bonds. The highest BCUT2D eigenvalue weighted by atomic mass is 79.9. The molecule has 0 heterocycles. The van der Waals surface area contributed by atoms with Crippen molar-refractivity contribution in [3.05, 3.63) is 126 Å². The quantitative estimate of drug-likeness (QED) is 0.231. The summed E-state index contributed by atoms with van der Waals surface area (Å²) in [6, 6.07) is 43.4. The molecule has 0 N–H and O–H groups in total. The van der Waals surface area contributed by atoms with Gasteiger partial charge in [-0.1, -0.05) is 94.8 Å². The monoisotopic (exact) mass is 473 g/mol. The predicted octanol–water partition coefficient (Wildman–Crippen LogP) is 9.38. The maximum Gasteiger partial charge on any atom is 0.0540 e. The summed E-state index contributed by atoms with van der Waals surface area (Å²) in [5.74, 6) is 0. The van der Waals surface area contributed by atoms with Crippen molar-refractivity contribution < 1.29 is 0 Å². The Hall–Kier alpha value is -3.62. The van der Waals surface area contributed by atoms with Gasteiger partial charge in [-0.15, -0.1) is 0 Å². The van der Waals surface area contributed by atoms with Crippen LogP contribution in [-0.4, -0.2) is 0 Å². The molecule has 0 saturated heterocycles. The molecule has 0 aliphatic heterocycles. The molecule has 6 aromatic rings. The second kappa shape index (κ2) is 7.81. The van der Waals surface area contributed by atoms with Gasteiger partial charge in [0.2, 0.25) is 0 Å². The van der Waals surface area contributed by atoms with Gasteiger partial charge < -0.3 is 4.90 Å². The van der Waals surface area contributed by atoms with Crippen molar-refractivity contribution in [3.63, 3.8) is 0 Å². The van der Waals surface area contributed by atoms with Crippen LogP contribution in [0.4, 0.5) is 17.1 Å². The van der Waals surface area contributed by atoms with E-state index in [1.54, 1.807) is 0 Å². The van der Waals surface area contributed by atoms with Crippen LogP contribution in [0, 0.1) is 0 Å². The minimum atomic E-state index is 1.10. The lowest BCUT2D eigenvalue weighted by Crippen LogP contribution is -2.10. The van der Waals surface area contributed by atoms with E-state index in [0.717, 1.165) is 15.8 Å². The third-order valence-corrected chi connectivity index (χ3v) is 6.55. The molecule has 0 saturated carbocycles. The number of rotatable bonds is 3. The first-order valence-electron chi connectivity index (χ1n) is 10.7. The summed E-state index contributed by atoms with van der Waals surface area (Å²) in [4.78, 5) is 2.35. The smallest absolute Gasteiger partial charge is 0.0540 e. The number of para-hydroxylation sites is 1. The highest BCUT2D eigenvalue weighted by molar-refractivity contribution is 9.10. The van der Waals surface area contributed by atoms with Gasteiger partial charge >= 0.3 is 0 Å². The largest absolute Gasteiger partial charge is 0.310 e. The summed E-state index contributed by atoms with van der Waals surface area (Å²) in [6.45, 7) is 0. The van der Waals surface area contributed by atoms with Crippen molar-refractivity contribution in [2.75, 3.05) is 4.90 Å². The standard InChI is InChI=1S/C30H20BrN/c31-24-15-17-27-22(19-24)13-14-23-20-26(16-18-28(23)27)32(25-9-2-1-3-10-25)30-12-6-8-21-7-4-5-11-29(21)30/h1-20H. The Morgan fingerprint density at radius 3 is 1.97 bits per heavy atom. The first kappa shape index (κ1) is 19.1. The first-order valence-corrected chi connectivity index (χ1v) is 11.5. The Morgan fingerprint density at radius 1 is 0.438 bits per heavy atom. The number of benzene rings is 6. The van der Waals surface area contributed by atoms with Crippen molar-refractivity contribution in [3.8, 4) is 0 Å². The summed E-state index contributed by atoms with van der Waals surface area (Å²) >= 11 is 3.59. The molecule has 152 valence electrons. The van der Waals surface area contributed by atoms with Crippen LogP contribution >= 0.6 is 15.9 Å². The van der Waals surface area contributed by atoms with Crippen molar-refractivity contribution in [1.29, 1.82) is 0 Å². The second-order valence-electron chi connectivity index (χ2n) is 8.01. The van der Waals surface area contributed by atoms with E-state index < -0.39 is 0 Å². The number of hydrogen-bond donors (Lipinski definition) is 0. The Kier molecular flexibility index (Phi) is 4.66. The van der Waals surface area contributed by atoms with Crippen LogP contribution in [-0.2, 0) is 0 Å². The van der Waals surface area contributed by atoms with Gasteiger partial charge in [-0.05, 0) is 69.4 Å². The highest BCUT2D eigenvalue weighted by Gasteiger charge is 2.15. The molecule has 0 bridgehead atoms. The van der Waals surface area contributed by atoms with E-state index in [2.05, 4.69) is 142 Å². The highest BCUT2D eigenvalue weighted by Crippen LogP contribution is 2.40. The van der Waals surface area contributed by atoms with Gasteiger partial charge in [0, 0.05) is 21.2 Å². The third kappa shape index (κ3) is 3.24. The number of fused-ring (bicyclic) bond motifs is 4. The van der Waals surface area contributed by atoms with Gasteiger partial charge in [0.05, 0.1) is 5.69 Å². The Bertz CT molecular complexity index is 1580. The van der Waals surface area contributed by atoms with E-state index >= 15 is 0 Å². The molecular weight excluding hydrogens is 454 g/mol. The summed E-state index contributed by atoms with van der Waals surface area (Å²) in [6.07, 6.45) is 0. The first-order chi connectivity index (χ1) is 15.8. The normalized spacial score (nSPS) is 11.3. The van der Waals surface area contributed by atoms with E-state index in [4.69, 9.17) is 0 Å². The van der Waals surface area contributed by atoms with Gasteiger partial charge in [-0.3, -0.25) is 0 Å². The van der Waals surface area contributed by atoms with Crippen molar-refractivity contribution in [2.24, 2.45) is 0 Å². The molecule has 0 aliphatic rings. The Labute approximate surface area is 195 Å². The van der Waals surface area contributed by atoms with Crippen molar-refractivity contribution >= 4 is 65.3 Å². The van der Waals surface area contributed by atoms with E-state index in [9.17, 15) is 0 Å². The molecule has 0 fully saturated rings. The van der Waals surface area contributed by atoms with Crippen LogP contribution in [0.2, 0.25) is 0 Å². The molecule has 0 unspecified atom stereocenters. The summed E-state index contributed by atoms with van der Waals surface area (Å²) < 4.78 is 1.10. The minimum absolute atomic E-state index is 1.10. The summed E-state index contributed by atoms with van der Waals surface area (Å²) in [5.41, 5.74) is 3.47. The lowest BCUT2D eigenvalue weighted by atomic mass is 10.0. The maximum atomic E-state index is 3.59. The van der Waals surface area contributed by atoms with E-state index in [0.29, 0.717) is 0 Å². The number of nitrogens with zero attached hydrogens (tertiary/aromatic N) is 1. The van der Waals surface area contributed by atoms with Gasteiger partial charge in [0.15, 0.2) is 0 Å². The second-order valence-corrected chi connectivity index (χ2v) is 8.92. The fourth-order valence-electron chi connectivity index (χ4n) is 4.58. The van der Waals surface area contributed by atoms with Gasteiger partial charge in [0.25, 0.3) is 0 Å². The van der Waals surface area contributed by atoms with E-state index in [1.165, 1.54) is 38.0 Å². The zero-order valence-corrected chi connectivity index (χ0v) is 19.0. The minimum Gasteiger partial charge on any atom is -0.310 e. The fourth-order valence-corrected chi connectivity index (χ4v) is 4.96. The molecule has 0 aromatic heterocycles. The molecule has 0 atom stereocenters. The van der Waals surface area contributed by atoms with Crippen molar-refractivity contribution in [1.82, 2.24) is 0 Å². The molecule has 1 nitrogen and oxygen atoms in total. The molecular formula is C30H20BrN. The SMILES string of the molecule is Brc1ccc2c(ccc3cc(N(c4ccccc4)c4cccc5ccccc45)ccc32)c1. The predicted molar refractivity (Wildman–Crippen MR) is 141 cm³/mol. The molecule has 0 spiro atoms. The third-order valence-electron chi connectivity index (χ3n) is 6.06. The van der Waals surface area contributed by atoms with E-state index in [1.807, 2.05) is 0 Å². The molecule has 0 aliphatic carbocycles. The topological polar surface area (TPSA) is 3.24 Å². The molecule has 2 heteroatoms. The lowest BCUT2D eigenvalue weighted by Gasteiger charge is -2.27. The molecule has 6 rings (SSSR count). The van der Waals surface area contributed by atoms with Crippen LogP contribution in [0.25, 0.3) is 32.3 Å². The average Bonchev–Trinajstić information content (AvgIpc) is 2.85. The van der Waals surface area contributed by atoms with Crippen LogP contribution in [0.1, 0.15) is 0 Å².